The van der Waals surface area contributed by atoms with Gasteiger partial charge in [0.15, 0.2) is 0 Å². The minimum atomic E-state index is -1.23. The maximum absolute atomic E-state index is 9.65. The first-order valence-corrected chi connectivity index (χ1v) is 5.10. The molecule has 0 aliphatic heterocycles. The summed E-state index contributed by atoms with van der Waals surface area (Å²) in [7, 11) is 0. The Morgan fingerprint density at radius 2 is 1.07 bits per heavy atom. The van der Waals surface area contributed by atoms with E-state index in [9.17, 15) is 20.4 Å². The smallest absolute Gasteiger partial charge is 0.109 e. The molecule has 5 atom stereocenters. The average Bonchev–Trinajstić information content (AvgIpc) is 2.30. The van der Waals surface area contributed by atoms with Crippen molar-refractivity contribution in [3.05, 3.63) is 0 Å². The lowest BCUT2D eigenvalue weighted by Gasteiger charge is -2.28. The highest BCUT2D eigenvalue weighted by atomic mass is 16.4. The van der Waals surface area contributed by atoms with E-state index >= 15 is 0 Å². The lowest BCUT2D eigenvalue weighted by atomic mass is 9.81. The van der Waals surface area contributed by atoms with Crippen molar-refractivity contribution in [1.29, 1.82) is 0 Å². The fourth-order valence-electron chi connectivity index (χ4n) is 2.13. The summed E-state index contributed by atoms with van der Waals surface area (Å²) in [6.07, 6.45) is -4.51. The van der Waals surface area contributed by atoms with Gasteiger partial charge in [-0.15, -0.1) is 0 Å². The largest absolute Gasteiger partial charge is 0.390 e. The van der Waals surface area contributed by atoms with Gasteiger partial charge in [-0.2, -0.15) is 0 Å². The number of aliphatic hydroxyl groups excluding tert-OH is 4. The van der Waals surface area contributed by atoms with Crippen molar-refractivity contribution in [2.24, 2.45) is 17.8 Å². The minimum Gasteiger partial charge on any atom is -0.390 e. The maximum Gasteiger partial charge on any atom is 0.109 e. The zero-order chi connectivity index (χ0) is 11.0. The van der Waals surface area contributed by atoms with Crippen LogP contribution in [0.5, 0.6) is 0 Å². The zero-order valence-corrected chi connectivity index (χ0v) is 8.83. The Morgan fingerprint density at radius 1 is 0.714 bits per heavy atom. The van der Waals surface area contributed by atoms with Gasteiger partial charge in [-0.25, -0.2) is 0 Å². The predicted molar refractivity (Wildman–Crippen MR) is 51.5 cm³/mol. The molecule has 1 fully saturated rings. The van der Waals surface area contributed by atoms with Crippen molar-refractivity contribution in [3.8, 4) is 0 Å². The van der Waals surface area contributed by atoms with E-state index in [0.717, 1.165) is 0 Å². The molecule has 0 amide bonds. The average molecular weight is 204 g/mol. The fraction of sp³-hybridized carbons (Fsp3) is 1.00. The van der Waals surface area contributed by atoms with Gasteiger partial charge < -0.3 is 20.4 Å². The Bertz CT molecular complexity index is 175. The summed E-state index contributed by atoms with van der Waals surface area (Å²) in [5, 5.41) is 38.1. The van der Waals surface area contributed by atoms with Gasteiger partial charge in [0.1, 0.15) is 12.2 Å². The van der Waals surface area contributed by atoms with Gasteiger partial charge in [-0.05, 0) is 11.8 Å². The summed E-state index contributed by atoms with van der Waals surface area (Å²) >= 11 is 0. The fourth-order valence-corrected chi connectivity index (χ4v) is 2.13. The van der Waals surface area contributed by atoms with Gasteiger partial charge in [0.2, 0.25) is 0 Å². The molecule has 1 aliphatic carbocycles. The first-order chi connectivity index (χ1) is 6.37. The van der Waals surface area contributed by atoms with Crippen LogP contribution in [0.3, 0.4) is 0 Å². The Hall–Kier alpha value is -0.160. The first kappa shape index (κ1) is 11.9. The second-order valence-corrected chi connectivity index (χ2v) is 4.64. The van der Waals surface area contributed by atoms with Crippen LogP contribution in [0.15, 0.2) is 0 Å². The van der Waals surface area contributed by atoms with Gasteiger partial charge in [0, 0.05) is 5.92 Å². The molecule has 1 rings (SSSR count). The van der Waals surface area contributed by atoms with E-state index in [1.165, 1.54) is 0 Å². The Morgan fingerprint density at radius 3 is 1.36 bits per heavy atom. The Kier molecular flexibility index (Phi) is 3.53. The molecular formula is C10H20O4. The van der Waals surface area contributed by atoms with Gasteiger partial charge in [-0.1, -0.05) is 20.8 Å². The quantitative estimate of drug-likeness (QED) is 0.482. The molecular weight excluding hydrogens is 184 g/mol. The van der Waals surface area contributed by atoms with Crippen molar-refractivity contribution in [2.45, 2.75) is 45.2 Å². The third-order valence-corrected chi connectivity index (χ3v) is 3.50. The van der Waals surface area contributed by atoms with Crippen LogP contribution in [0.2, 0.25) is 0 Å². The molecule has 0 radical (unpaired) electrons. The number of rotatable bonds is 2. The van der Waals surface area contributed by atoms with Crippen LogP contribution >= 0.6 is 0 Å². The van der Waals surface area contributed by atoms with Crippen LogP contribution in [0.4, 0.5) is 0 Å². The molecule has 4 heteroatoms. The summed E-state index contributed by atoms with van der Waals surface area (Å²) in [6.45, 7) is 5.88. The van der Waals surface area contributed by atoms with E-state index in [2.05, 4.69) is 0 Å². The van der Waals surface area contributed by atoms with E-state index < -0.39 is 30.3 Å². The van der Waals surface area contributed by atoms with Crippen molar-refractivity contribution >= 4 is 0 Å². The second kappa shape index (κ2) is 4.14. The molecule has 4 unspecified atom stereocenters. The maximum atomic E-state index is 9.65. The minimum absolute atomic E-state index is 0.0619. The monoisotopic (exact) mass is 204 g/mol. The van der Waals surface area contributed by atoms with Gasteiger partial charge in [0.05, 0.1) is 12.2 Å². The SMILES string of the molecule is CC(C)[C@@H](C)C1C(O)C(O)C(O)C1O. The molecule has 4 nitrogen and oxygen atoms in total. The van der Waals surface area contributed by atoms with E-state index in [0.29, 0.717) is 5.92 Å². The zero-order valence-electron chi connectivity index (χ0n) is 8.83. The van der Waals surface area contributed by atoms with Crippen LogP contribution in [0.25, 0.3) is 0 Å². The van der Waals surface area contributed by atoms with Crippen LogP contribution < -0.4 is 0 Å². The van der Waals surface area contributed by atoms with Crippen molar-refractivity contribution in [1.82, 2.24) is 0 Å². The normalized spacial score (nSPS) is 45.9. The van der Waals surface area contributed by atoms with E-state index in [1.807, 2.05) is 20.8 Å². The molecule has 0 spiro atoms. The molecule has 84 valence electrons. The lowest BCUT2D eigenvalue weighted by Crippen LogP contribution is -2.34. The number of hydrogen-bond acceptors (Lipinski definition) is 4. The molecule has 0 bridgehead atoms. The van der Waals surface area contributed by atoms with Crippen LogP contribution in [-0.2, 0) is 0 Å². The van der Waals surface area contributed by atoms with E-state index in [4.69, 9.17) is 0 Å². The van der Waals surface area contributed by atoms with Crippen molar-refractivity contribution < 1.29 is 20.4 Å². The predicted octanol–water partition coefficient (Wildman–Crippen LogP) is -0.648. The van der Waals surface area contributed by atoms with Crippen molar-refractivity contribution in [3.63, 3.8) is 0 Å². The molecule has 1 aliphatic rings. The van der Waals surface area contributed by atoms with E-state index in [1.54, 1.807) is 0 Å². The summed E-state index contributed by atoms with van der Waals surface area (Å²) in [5.41, 5.74) is 0. The van der Waals surface area contributed by atoms with E-state index in [-0.39, 0.29) is 5.92 Å². The standard InChI is InChI=1S/C10H20O4/c1-4(2)5(3)6-7(11)9(13)10(14)8(6)12/h4-14H,1-3H3/t5-,6?,7?,8?,9?,10?/m1/s1. The Balaban J connectivity index is 2.79. The molecule has 0 heterocycles. The van der Waals surface area contributed by atoms with Gasteiger partial charge in [-0.3, -0.25) is 0 Å². The highest BCUT2D eigenvalue weighted by Gasteiger charge is 2.50. The highest BCUT2D eigenvalue weighted by Crippen LogP contribution is 2.36. The summed E-state index contributed by atoms with van der Waals surface area (Å²) in [5.74, 6) is -0.0893. The highest BCUT2D eigenvalue weighted by molar-refractivity contribution is 5.00. The van der Waals surface area contributed by atoms with Crippen molar-refractivity contribution in [2.75, 3.05) is 0 Å². The molecule has 0 aromatic carbocycles. The topological polar surface area (TPSA) is 80.9 Å². The second-order valence-electron chi connectivity index (χ2n) is 4.64. The number of aliphatic hydroxyl groups is 4. The summed E-state index contributed by atoms with van der Waals surface area (Å²) < 4.78 is 0. The molecule has 4 N–H and O–H groups in total. The molecule has 14 heavy (non-hydrogen) atoms. The molecule has 0 aromatic rings. The Labute approximate surface area is 84.2 Å². The third-order valence-electron chi connectivity index (χ3n) is 3.50. The summed E-state index contributed by atoms with van der Waals surface area (Å²) in [6, 6.07) is 0. The van der Waals surface area contributed by atoms with Gasteiger partial charge in [0.25, 0.3) is 0 Å². The van der Waals surface area contributed by atoms with Crippen LogP contribution in [0.1, 0.15) is 20.8 Å². The van der Waals surface area contributed by atoms with Crippen LogP contribution in [0, 0.1) is 17.8 Å². The first-order valence-electron chi connectivity index (χ1n) is 5.10. The molecule has 0 saturated heterocycles. The molecule has 0 aromatic heterocycles. The third kappa shape index (κ3) is 1.80. The molecule has 1 saturated carbocycles. The van der Waals surface area contributed by atoms with Gasteiger partial charge >= 0.3 is 0 Å². The van der Waals surface area contributed by atoms with Crippen LogP contribution in [-0.4, -0.2) is 44.8 Å². The number of hydrogen-bond donors (Lipinski definition) is 4. The lowest BCUT2D eigenvalue weighted by molar-refractivity contribution is -0.0413. The summed E-state index contributed by atoms with van der Waals surface area (Å²) in [4.78, 5) is 0.